The van der Waals surface area contributed by atoms with Crippen LogP contribution in [0, 0.1) is 0 Å². The highest BCUT2D eigenvalue weighted by atomic mass is 16.2. The Kier molecular flexibility index (Phi) is 5.53. The van der Waals surface area contributed by atoms with Crippen molar-refractivity contribution in [2.45, 2.75) is 77.9 Å². The minimum Gasteiger partial charge on any atom is -0.350 e. The second-order valence-corrected chi connectivity index (χ2v) is 6.26. The molecule has 1 fully saturated rings. The average Bonchev–Trinajstić information content (AvgIpc) is 2.37. The first kappa shape index (κ1) is 16.2. The van der Waals surface area contributed by atoms with E-state index in [9.17, 15) is 9.59 Å². The summed E-state index contributed by atoms with van der Waals surface area (Å²) in [4.78, 5) is 26.1. The van der Waals surface area contributed by atoms with E-state index in [-0.39, 0.29) is 29.3 Å². The number of piperidine rings is 1. The molecule has 1 heterocycles. The fraction of sp³-hybridized carbons (Fsp3) is 0.867. The van der Waals surface area contributed by atoms with Crippen LogP contribution in [-0.4, -0.2) is 40.8 Å². The molecule has 19 heavy (non-hydrogen) atoms. The van der Waals surface area contributed by atoms with Crippen LogP contribution in [0.1, 0.15) is 60.3 Å². The van der Waals surface area contributed by atoms with Gasteiger partial charge in [-0.2, -0.15) is 0 Å². The van der Waals surface area contributed by atoms with E-state index in [1.807, 2.05) is 20.8 Å². The maximum absolute atomic E-state index is 12.3. The third-order valence-electron chi connectivity index (χ3n) is 4.24. The molecule has 0 spiro atoms. The largest absolute Gasteiger partial charge is 0.350 e. The zero-order valence-corrected chi connectivity index (χ0v) is 13.0. The second-order valence-electron chi connectivity index (χ2n) is 6.26. The van der Waals surface area contributed by atoms with E-state index in [1.165, 1.54) is 0 Å². The number of likely N-dealkylation sites (tertiary alicyclic amines) is 1. The van der Waals surface area contributed by atoms with Gasteiger partial charge in [-0.25, -0.2) is 0 Å². The van der Waals surface area contributed by atoms with Crippen molar-refractivity contribution in [3.05, 3.63) is 0 Å². The van der Waals surface area contributed by atoms with Crippen LogP contribution < -0.4 is 5.32 Å². The summed E-state index contributed by atoms with van der Waals surface area (Å²) in [6.07, 6.45) is 3.92. The van der Waals surface area contributed by atoms with Crippen LogP contribution in [0.15, 0.2) is 0 Å². The summed E-state index contributed by atoms with van der Waals surface area (Å²) >= 11 is 0. The number of Topliss-reactive ketones (excluding diaryl/α,β-unsaturated/α-hetero) is 1. The van der Waals surface area contributed by atoms with E-state index >= 15 is 0 Å². The van der Waals surface area contributed by atoms with Gasteiger partial charge < -0.3 is 5.32 Å². The van der Waals surface area contributed by atoms with Crippen LogP contribution >= 0.6 is 0 Å². The Balaban J connectivity index is 2.71. The molecule has 1 aliphatic heterocycles. The number of amides is 1. The molecule has 4 nitrogen and oxygen atoms in total. The Morgan fingerprint density at radius 2 is 2.00 bits per heavy atom. The van der Waals surface area contributed by atoms with Crippen LogP contribution in [-0.2, 0) is 9.59 Å². The van der Waals surface area contributed by atoms with Crippen LogP contribution in [0.2, 0.25) is 0 Å². The van der Waals surface area contributed by atoms with Crippen molar-refractivity contribution in [2.24, 2.45) is 0 Å². The molecule has 1 aliphatic rings. The molecule has 1 amide bonds. The van der Waals surface area contributed by atoms with Crippen molar-refractivity contribution in [2.75, 3.05) is 6.54 Å². The third kappa shape index (κ3) is 4.30. The molecule has 1 N–H and O–H groups in total. The molecule has 0 bridgehead atoms. The minimum atomic E-state index is -0.236. The Hall–Kier alpha value is -0.900. The van der Waals surface area contributed by atoms with Crippen molar-refractivity contribution in [1.29, 1.82) is 0 Å². The van der Waals surface area contributed by atoms with E-state index in [1.54, 1.807) is 6.92 Å². The molecule has 1 rings (SSSR count). The summed E-state index contributed by atoms with van der Waals surface area (Å²) in [7, 11) is 0. The first-order valence-electron chi connectivity index (χ1n) is 7.36. The molecule has 110 valence electrons. The topological polar surface area (TPSA) is 49.4 Å². The van der Waals surface area contributed by atoms with Gasteiger partial charge in [0.25, 0.3) is 0 Å². The van der Waals surface area contributed by atoms with E-state index in [4.69, 9.17) is 0 Å². The minimum absolute atomic E-state index is 0.0278. The number of carbonyl (C=O) groups excluding carboxylic acids is 2. The van der Waals surface area contributed by atoms with Gasteiger partial charge in [0.15, 0.2) is 0 Å². The van der Waals surface area contributed by atoms with Gasteiger partial charge in [-0.15, -0.1) is 0 Å². The molecule has 4 heteroatoms. The Labute approximate surface area is 116 Å². The Morgan fingerprint density at radius 3 is 2.53 bits per heavy atom. The molecule has 1 saturated heterocycles. The predicted octanol–water partition coefficient (Wildman–Crippen LogP) is 2.12. The normalized spacial score (nSPS) is 22.9. The first-order valence-corrected chi connectivity index (χ1v) is 7.36. The van der Waals surface area contributed by atoms with Crippen molar-refractivity contribution < 1.29 is 9.59 Å². The first-order chi connectivity index (χ1) is 8.78. The SMILES string of the molecule is CCC(C)(C)NC(=O)C(C)N1CCCCC1C(C)=O. The van der Waals surface area contributed by atoms with E-state index in [0.717, 1.165) is 32.2 Å². The van der Waals surface area contributed by atoms with Crippen molar-refractivity contribution in [3.8, 4) is 0 Å². The van der Waals surface area contributed by atoms with Gasteiger partial charge in [-0.1, -0.05) is 13.3 Å². The van der Waals surface area contributed by atoms with Gasteiger partial charge in [0.05, 0.1) is 12.1 Å². The molecular weight excluding hydrogens is 240 g/mol. The van der Waals surface area contributed by atoms with Gasteiger partial charge in [0.1, 0.15) is 5.78 Å². The van der Waals surface area contributed by atoms with Gasteiger partial charge in [0, 0.05) is 5.54 Å². The number of hydrogen-bond donors (Lipinski definition) is 1. The summed E-state index contributed by atoms with van der Waals surface area (Å²) in [6.45, 7) is 10.5. The third-order valence-corrected chi connectivity index (χ3v) is 4.24. The molecule has 0 aromatic rings. The van der Waals surface area contributed by atoms with E-state index < -0.39 is 0 Å². The molecule has 0 aromatic heterocycles. The fourth-order valence-electron chi connectivity index (χ4n) is 2.53. The van der Waals surface area contributed by atoms with Crippen molar-refractivity contribution in [3.63, 3.8) is 0 Å². The standard InChI is InChI=1S/C15H28N2O2/c1-6-15(4,5)16-14(19)11(2)17-10-8-7-9-13(17)12(3)18/h11,13H,6-10H2,1-5H3,(H,16,19). The lowest BCUT2D eigenvalue weighted by Gasteiger charge is -2.39. The highest BCUT2D eigenvalue weighted by Gasteiger charge is 2.34. The van der Waals surface area contributed by atoms with Gasteiger partial charge in [-0.05, 0) is 53.5 Å². The molecule has 0 aromatic carbocycles. The van der Waals surface area contributed by atoms with E-state index in [2.05, 4.69) is 17.1 Å². The summed E-state index contributed by atoms with van der Waals surface area (Å²) in [5.74, 6) is 0.203. The zero-order valence-electron chi connectivity index (χ0n) is 13.0. The van der Waals surface area contributed by atoms with Gasteiger partial charge in [-0.3, -0.25) is 14.5 Å². The number of carbonyl (C=O) groups is 2. The van der Waals surface area contributed by atoms with Crippen molar-refractivity contribution >= 4 is 11.7 Å². The molecule has 0 radical (unpaired) electrons. The monoisotopic (exact) mass is 268 g/mol. The van der Waals surface area contributed by atoms with Crippen LogP contribution in [0.25, 0.3) is 0 Å². The maximum Gasteiger partial charge on any atom is 0.237 e. The number of nitrogens with zero attached hydrogens (tertiary/aromatic N) is 1. The van der Waals surface area contributed by atoms with Crippen LogP contribution in [0.3, 0.4) is 0 Å². The Bertz CT molecular complexity index is 339. The molecule has 2 unspecified atom stereocenters. The quantitative estimate of drug-likeness (QED) is 0.831. The van der Waals surface area contributed by atoms with Crippen LogP contribution in [0.5, 0.6) is 0 Å². The smallest absolute Gasteiger partial charge is 0.237 e. The highest BCUT2D eigenvalue weighted by molar-refractivity contribution is 5.85. The number of ketones is 1. The number of hydrogen-bond acceptors (Lipinski definition) is 3. The summed E-state index contributed by atoms with van der Waals surface area (Å²) in [6, 6.07) is -0.320. The van der Waals surface area contributed by atoms with E-state index in [0.29, 0.717) is 0 Å². The summed E-state index contributed by atoms with van der Waals surface area (Å²) in [5, 5.41) is 3.07. The molecule has 2 atom stereocenters. The number of rotatable bonds is 5. The van der Waals surface area contributed by atoms with Crippen LogP contribution in [0.4, 0.5) is 0 Å². The predicted molar refractivity (Wildman–Crippen MR) is 77.0 cm³/mol. The Morgan fingerprint density at radius 1 is 1.37 bits per heavy atom. The lowest BCUT2D eigenvalue weighted by atomic mass is 9.96. The summed E-state index contributed by atoms with van der Waals surface area (Å²) < 4.78 is 0. The zero-order chi connectivity index (χ0) is 14.6. The molecule has 0 saturated carbocycles. The lowest BCUT2D eigenvalue weighted by Crippen LogP contribution is -2.56. The summed E-state index contributed by atoms with van der Waals surface area (Å²) in [5.41, 5.74) is -0.188. The van der Waals surface area contributed by atoms with Gasteiger partial charge in [0.2, 0.25) is 5.91 Å². The maximum atomic E-state index is 12.3. The second kappa shape index (κ2) is 6.51. The fourth-order valence-corrected chi connectivity index (χ4v) is 2.53. The number of nitrogens with one attached hydrogen (secondary N) is 1. The molecule has 0 aliphatic carbocycles. The lowest BCUT2D eigenvalue weighted by molar-refractivity contribution is -0.132. The van der Waals surface area contributed by atoms with Crippen molar-refractivity contribution in [1.82, 2.24) is 10.2 Å². The highest BCUT2D eigenvalue weighted by Crippen LogP contribution is 2.21. The average molecular weight is 268 g/mol. The molecular formula is C15H28N2O2. The van der Waals surface area contributed by atoms with Gasteiger partial charge >= 0.3 is 0 Å².